The SMILES string of the molecule is CCOC(=O)[C@H]1CN[C@@H](C(=O)OCC)C1. The number of hydrogen-bond acceptors (Lipinski definition) is 5. The molecule has 1 fully saturated rings. The molecule has 15 heavy (non-hydrogen) atoms. The van der Waals surface area contributed by atoms with Crippen LogP contribution in [0, 0.1) is 5.92 Å². The van der Waals surface area contributed by atoms with Crippen LogP contribution < -0.4 is 5.32 Å². The lowest BCUT2D eigenvalue weighted by Gasteiger charge is -2.09. The highest BCUT2D eigenvalue weighted by Crippen LogP contribution is 2.16. The lowest BCUT2D eigenvalue weighted by Crippen LogP contribution is -2.32. The molecule has 0 amide bonds. The summed E-state index contributed by atoms with van der Waals surface area (Å²) in [7, 11) is 0. The molecular weight excluding hydrogens is 198 g/mol. The smallest absolute Gasteiger partial charge is 0.323 e. The minimum atomic E-state index is -0.362. The van der Waals surface area contributed by atoms with E-state index in [1.54, 1.807) is 13.8 Å². The van der Waals surface area contributed by atoms with Crippen LogP contribution in [0.2, 0.25) is 0 Å². The molecule has 0 unspecified atom stereocenters. The van der Waals surface area contributed by atoms with E-state index in [1.807, 2.05) is 0 Å². The van der Waals surface area contributed by atoms with E-state index in [2.05, 4.69) is 5.32 Å². The second kappa shape index (κ2) is 5.70. The van der Waals surface area contributed by atoms with Gasteiger partial charge in [-0.15, -0.1) is 0 Å². The highest BCUT2D eigenvalue weighted by Gasteiger charge is 2.35. The zero-order valence-electron chi connectivity index (χ0n) is 9.12. The summed E-state index contributed by atoms with van der Waals surface area (Å²) in [5.41, 5.74) is 0. The number of carbonyl (C=O) groups excluding carboxylic acids is 2. The molecule has 0 aromatic heterocycles. The van der Waals surface area contributed by atoms with Gasteiger partial charge in [0, 0.05) is 6.54 Å². The van der Waals surface area contributed by atoms with Crippen LogP contribution in [-0.2, 0) is 19.1 Å². The highest BCUT2D eigenvalue weighted by atomic mass is 16.5. The van der Waals surface area contributed by atoms with Crippen molar-refractivity contribution in [3.8, 4) is 0 Å². The Labute approximate surface area is 89.1 Å². The van der Waals surface area contributed by atoms with Gasteiger partial charge in [-0.1, -0.05) is 0 Å². The second-order valence-electron chi connectivity index (χ2n) is 3.40. The van der Waals surface area contributed by atoms with E-state index < -0.39 is 0 Å². The number of esters is 2. The summed E-state index contributed by atoms with van der Waals surface area (Å²) in [5.74, 6) is -0.750. The lowest BCUT2D eigenvalue weighted by atomic mass is 10.1. The Morgan fingerprint density at radius 3 is 2.40 bits per heavy atom. The molecule has 0 aromatic rings. The van der Waals surface area contributed by atoms with Gasteiger partial charge in [-0.2, -0.15) is 0 Å². The summed E-state index contributed by atoms with van der Waals surface area (Å²) >= 11 is 0. The predicted molar refractivity (Wildman–Crippen MR) is 53.2 cm³/mol. The Morgan fingerprint density at radius 1 is 1.20 bits per heavy atom. The number of rotatable bonds is 4. The first kappa shape index (κ1) is 12.0. The van der Waals surface area contributed by atoms with E-state index in [0.717, 1.165) is 0 Å². The van der Waals surface area contributed by atoms with E-state index in [4.69, 9.17) is 9.47 Å². The maximum atomic E-state index is 11.4. The van der Waals surface area contributed by atoms with Crippen molar-refractivity contribution in [1.82, 2.24) is 5.32 Å². The summed E-state index contributed by atoms with van der Waals surface area (Å²) in [6, 6.07) is -0.362. The third-order valence-corrected chi connectivity index (χ3v) is 2.32. The third-order valence-electron chi connectivity index (χ3n) is 2.32. The van der Waals surface area contributed by atoms with Gasteiger partial charge in [0.25, 0.3) is 0 Å². The van der Waals surface area contributed by atoms with Crippen molar-refractivity contribution in [2.24, 2.45) is 5.92 Å². The quantitative estimate of drug-likeness (QED) is 0.673. The number of hydrogen-bond donors (Lipinski definition) is 1. The molecule has 0 aromatic carbocycles. The molecule has 1 aliphatic rings. The van der Waals surface area contributed by atoms with Crippen molar-refractivity contribution in [2.75, 3.05) is 19.8 Å². The molecule has 0 aliphatic carbocycles. The zero-order valence-corrected chi connectivity index (χ0v) is 9.12. The van der Waals surface area contributed by atoms with E-state index in [9.17, 15) is 9.59 Å². The molecule has 5 nitrogen and oxygen atoms in total. The lowest BCUT2D eigenvalue weighted by molar-refractivity contribution is -0.147. The fraction of sp³-hybridized carbons (Fsp3) is 0.800. The topological polar surface area (TPSA) is 64.6 Å². The largest absolute Gasteiger partial charge is 0.466 e. The third kappa shape index (κ3) is 3.20. The van der Waals surface area contributed by atoms with Crippen LogP contribution in [0.4, 0.5) is 0 Å². The van der Waals surface area contributed by atoms with Gasteiger partial charge in [0.05, 0.1) is 19.1 Å². The van der Waals surface area contributed by atoms with Crippen LogP contribution >= 0.6 is 0 Å². The molecule has 1 rings (SSSR count). The summed E-state index contributed by atoms with van der Waals surface area (Å²) in [4.78, 5) is 22.7. The van der Waals surface area contributed by atoms with Crippen molar-refractivity contribution in [2.45, 2.75) is 26.3 Å². The Kier molecular flexibility index (Phi) is 4.55. The fourth-order valence-electron chi connectivity index (χ4n) is 1.60. The number of ether oxygens (including phenoxy) is 2. The average molecular weight is 215 g/mol. The molecule has 0 saturated carbocycles. The van der Waals surface area contributed by atoms with Crippen molar-refractivity contribution >= 4 is 11.9 Å². The van der Waals surface area contributed by atoms with E-state index >= 15 is 0 Å². The predicted octanol–water partition coefficient (Wildman–Crippen LogP) is 0.0907. The zero-order chi connectivity index (χ0) is 11.3. The van der Waals surface area contributed by atoms with Crippen LogP contribution in [0.15, 0.2) is 0 Å². The first-order valence-electron chi connectivity index (χ1n) is 5.25. The van der Waals surface area contributed by atoms with Crippen molar-refractivity contribution in [3.05, 3.63) is 0 Å². The maximum absolute atomic E-state index is 11.4. The molecule has 1 saturated heterocycles. The van der Waals surface area contributed by atoms with Gasteiger partial charge in [-0.3, -0.25) is 9.59 Å². The molecular formula is C10H17NO4. The Balaban J connectivity index is 2.38. The Hall–Kier alpha value is -1.10. The normalized spacial score (nSPS) is 24.9. The number of carbonyl (C=O) groups is 2. The molecule has 1 N–H and O–H groups in total. The second-order valence-corrected chi connectivity index (χ2v) is 3.40. The molecule has 1 aliphatic heterocycles. The molecule has 1 heterocycles. The van der Waals surface area contributed by atoms with Gasteiger partial charge in [0.2, 0.25) is 0 Å². The highest BCUT2D eigenvalue weighted by molar-refractivity contribution is 5.79. The first-order valence-corrected chi connectivity index (χ1v) is 5.25. The van der Waals surface area contributed by atoms with Crippen molar-refractivity contribution in [1.29, 1.82) is 0 Å². The molecule has 0 spiro atoms. The van der Waals surface area contributed by atoms with E-state index in [-0.39, 0.29) is 23.9 Å². The molecule has 5 heteroatoms. The van der Waals surface area contributed by atoms with Crippen molar-refractivity contribution < 1.29 is 19.1 Å². The fourth-order valence-corrected chi connectivity index (χ4v) is 1.60. The van der Waals surface area contributed by atoms with Crippen LogP contribution in [0.25, 0.3) is 0 Å². The van der Waals surface area contributed by atoms with E-state index in [1.165, 1.54) is 0 Å². The standard InChI is InChI=1S/C10H17NO4/c1-3-14-9(12)7-5-8(11-6-7)10(13)15-4-2/h7-8,11H,3-6H2,1-2H3/t7-,8-/m1/s1. The van der Waals surface area contributed by atoms with Gasteiger partial charge >= 0.3 is 11.9 Å². The molecule has 2 atom stereocenters. The summed E-state index contributed by atoms with van der Waals surface area (Å²) in [5, 5.41) is 2.96. The maximum Gasteiger partial charge on any atom is 0.323 e. The minimum absolute atomic E-state index is 0.223. The van der Waals surface area contributed by atoms with E-state index in [0.29, 0.717) is 26.2 Å². The van der Waals surface area contributed by atoms with Gasteiger partial charge in [0.15, 0.2) is 0 Å². The average Bonchev–Trinajstić information content (AvgIpc) is 2.67. The van der Waals surface area contributed by atoms with Crippen LogP contribution in [0.5, 0.6) is 0 Å². The van der Waals surface area contributed by atoms with Crippen LogP contribution in [0.3, 0.4) is 0 Å². The van der Waals surface area contributed by atoms with Gasteiger partial charge in [-0.05, 0) is 20.3 Å². The summed E-state index contributed by atoms with van der Waals surface area (Å²) < 4.78 is 9.74. The Morgan fingerprint density at radius 2 is 1.80 bits per heavy atom. The molecule has 0 radical (unpaired) electrons. The van der Waals surface area contributed by atoms with Gasteiger partial charge in [0.1, 0.15) is 6.04 Å². The monoisotopic (exact) mass is 215 g/mol. The van der Waals surface area contributed by atoms with Crippen LogP contribution in [-0.4, -0.2) is 37.7 Å². The van der Waals surface area contributed by atoms with Gasteiger partial charge < -0.3 is 14.8 Å². The number of nitrogens with one attached hydrogen (secondary N) is 1. The summed E-state index contributed by atoms with van der Waals surface area (Å²) in [6.45, 7) is 4.75. The van der Waals surface area contributed by atoms with Crippen molar-refractivity contribution in [3.63, 3.8) is 0 Å². The minimum Gasteiger partial charge on any atom is -0.466 e. The first-order chi connectivity index (χ1) is 7.19. The molecule has 0 bridgehead atoms. The Bertz CT molecular complexity index is 218. The molecule has 86 valence electrons. The van der Waals surface area contributed by atoms with Crippen LogP contribution in [0.1, 0.15) is 20.3 Å². The van der Waals surface area contributed by atoms with Gasteiger partial charge in [-0.25, -0.2) is 0 Å². The summed E-state index contributed by atoms with van der Waals surface area (Å²) in [6.07, 6.45) is 0.470.